The zero-order valence-corrected chi connectivity index (χ0v) is 11.2. The number of aromatic nitrogens is 1. The fraction of sp³-hybridized carbons (Fsp3) is 0.733. The Balaban J connectivity index is 2.05. The van der Waals surface area contributed by atoms with Crippen molar-refractivity contribution in [3.05, 3.63) is 23.5 Å². The highest BCUT2D eigenvalue weighted by molar-refractivity contribution is 5.17. The first-order valence-corrected chi connectivity index (χ1v) is 7.10. The van der Waals surface area contributed by atoms with Crippen LogP contribution in [-0.2, 0) is 24.1 Å². The molecule has 1 aliphatic rings. The topological polar surface area (TPSA) is 14.2 Å². The van der Waals surface area contributed by atoms with Gasteiger partial charge in [0.15, 0.2) is 0 Å². The third-order valence-corrected chi connectivity index (χ3v) is 3.81. The number of hydrogen-bond acceptors (Lipinski definition) is 1. The lowest BCUT2D eigenvalue weighted by atomic mass is 9.95. The smallest absolute Gasteiger partial charge is 0.0468 e. The molecular formula is C15H25NO. The van der Waals surface area contributed by atoms with Crippen molar-refractivity contribution in [2.75, 3.05) is 13.2 Å². The molecule has 1 aromatic rings. The Morgan fingerprint density at radius 3 is 2.53 bits per heavy atom. The number of nitrogens with zero attached hydrogens (tertiary/aromatic N) is 1. The van der Waals surface area contributed by atoms with E-state index >= 15 is 0 Å². The second kappa shape index (κ2) is 6.25. The van der Waals surface area contributed by atoms with Crippen LogP contribution in [0.3, 0.4) is 0 Å². The van der Waals surface area contributed by atoms with Gasteiger partial charge in [0.1, 0.15) is 0 Å². The molecule has 1 aliphatic heterocycles. The fourth-order valence-electron chi connectivity index (χ4n) is 2.80. The van der Waals surface area contributed by atoms with Gasteiger partial charge < -0.3 is 9.30 Å². The normalized spacial score (nSPS) is 17.5. The van der Waals surface area contributed by atoms with Crippen LogP contribution in [0.1, 0.15) is 44.5 Å². The summed E-state index contributed by atoms with van der Waals surface area (Å²) in [4.78, 5) is 0. The standard InChI is InChI=1S/C15H25NO/c1-3-9-16-14(4-2)5-6-15(16)12-13-7-10-17-11-8-13/h5-6,13H,3-4,7-12H2,1-2H3. The van der Waals surface area contributed by atoms with Crippen molar-refractivity contribution in [3.8, 4) is 0 Å². The lowest BCUT2D eigenvalue weighted by Gasteiger charge is -2.23. The maximum Gasteiger partial charge on any atom is 0.0468 e. The van der Waals surface area contributed by atoms with Crippen molar-refractivity contribution in [2.45, 2.75) is 52.5 Å². The quantitative estimate of drug-likeness (QED) is 0.762. The molecule has 0 radical (unpaired) electrons. The Labute approximate surface area is 105 Å². The molecular weight excluding hydrogens is 210 g/mol. The van der Waals surface area contributed by atoms with Gasteiger partial charge in [-0.25, -0.2) is 0 Å². The second-order valence-corrected chi connectivity index (χ2v) is 5.08. The molecule has 17 heavy (non-hydrogen) atoms. The van der Waals surface area contributed by atoms with E-state index in [1.165, 1.54) is 43.6 Å². The largest absolute Gasteiger partial charge is 0.381 e. The van der Waals surface area contributed by atoms with Gasteiger partial charge in [0.25, 0.3) is 0 Å². The van der Waals surface area contributed by atoms with Gasteiger partial charge in [-0.15, -0.1) is 0 Å². The van der Waals surface area contributed by atoms with Crippen molar-refractivity contribution in [1.82, 2.24) is 4.57 Å². The number of aryl methyl sites for hydroxylation is 1. The molecule has 0 N–H and O–H groups in total. The van der Waals surface area contributed by atoms with Gasteiger partial charge in [0.2, 0.25) is 0 Å². The third-order valence-electron chi connectivity index (χ3n) is 3.81. The lowest BCUT2D eigenvalue weighted by molar-refractivity contribution is 0.0660. The molecule has 1 aromatic heterocycles. The molecule has 1 saturated heterocycles. The molecule has 0 saturated carbocycles. The molecule has 2 heteroatoms. The van der Waals surface area contributed by atoms with E-state index in [2.05, 4.69) is 30.5 Å². The number of rotatable bonds is 5. The average Bonchev–Trinajstić information content (AvgIpc) is 2.74. The van der Waals surface area contributed by atoms with Crippen LogP contribution in [0.15, 0.2) is 12.1 Å². The molecule has 1 fully saturated rings. The van der Waals surface area contributed by atoms with Crippen molar-refractivity contribution in [3.63, 3.8) is 0 Å². The summed E-state index contributed by atoms with van der Waals surface area (Å²) in [6.07, 6.45) is 6.08. The van der Waals surface area contributed by atoms with Gasteiger partial charge in [-0.05, 0) is 50.2 Å². The zero-order chi connectivity index (χ0) is 12.1. The molecule has 2 heterocycles. The monoisotopic (exact) mass is 235 g/mol. The van der Waals surface area contributed by atoms with E-state index in [-0.39, 0.29) is 0 Å². The summed E-state index contributed by atoms with van der Waals surface area (Å²) in [7, 11) is 0. The lowest BCUT2D eigenvalue weighted by Crippen LogP contribution is -2.19. The first-order valence-electron chi connectivity index (χ1n) is 7.10. The van der Waals surface area contributed by atoms with Crippen LogP contribution in [-0.4, -0.2) is 17.8 Å². The van der Waals surface area contributed by atoms with E-state index in [0.29, 0.717) is 0 Å². The first kappa shape index (κ1) is 12.7. The molecule has 0 bridgehead atoms. The first-order chi connectivity index (χ1) is 8.35. The van der Waals surface area contributed by atoms with E-state index in [4.69, 9.17) is 4.74 Å². The highest BCUT2D eigenvalue weighted by Crippen LogP contribution is 2.22. The molecule has 2 rings (SSSR count). The Morgan fingerprint density at radius 2 is 1.88 bits per heavy atom. The van der Waals surface area contributed by atoms with E-state index in [9.17, 15) is 0 Å². The predicted octanol–water partition coefficient (Wildman–Crippen LogP) is 3.43. The van der Waals surface area contributed by atoms with Crippen LogP contribution in [0.2, 0.25) is 0 Å². The summed E-state index contributed by atoms with van der Waals surface area (Å²) in [5.74, 6) is 0.832. The summed E-state index contributed by atoms with van der Waals surface area (Å²) in [5.41, 5.74) is 3.03. The Hall–Kier alpha value is -0.760. The molecule has 0 spiro atoms. The van der Waals surface area contributed by atoms with Gasteiger partial charge in [-0.1, -0.05) is 13.8 Å². The van der Waals surface area contributed by atoms with Crippen LogP contribution in [0.4, 0.5) is 0 Å². The molecule has 0 aromatic carbocycles. The van der Waals surface area contributed by atoms with E-state index in [1.54, 1.807) is 0 Å². The average molecular weight is 235 g/mol. The Kier molecular flexibility index (Phi) is 4.66. The van der Waals surface area contributed by atoms with Crippen molar-refractivity contribution < 1.29 is 4.74 Å². The molecule has 0 unspecified atom stereocenters. The summed E-state index contributed by atoms with van der Waals surface area (Å²) < 4.78 is 7.97. The summed E-state index contributed by atoms with van der Waals surface area (Å²) in [6.45, 7) is 7.60. The molecule has 0 atom stereocenters. The number of ether oxygens (including phenoxy) is 1. The second-order valence-electron chi connectivity index (χ2n) is 5.08. The van der Waals surface area contributed by atoms with Crippen molar-refractivity contribution >= 4 is 0 Å². The number of hydrogen-bond donors (Lipinski definition) is 0. The van der Waals surface area contributed by atoms with Gasteiger partial charge in [0, 0.05) is 31.1 Å². The van der Waals surface area contributed by atoms with Gasteiger partial charge in [-0.3, -0.25) is 0 Å². The van der Waals surface area contributed by atoms with Gasteiger partial charge >= 0.3 is 0 Å². The summed E-state index contributed by atoms with van der Waals surface area (Å²) in [6, 6.07) is 4.65. The molecule has 2 nitrogen and oxygen atoms in total. The highest BCUT2D eigenvalue weighted by atomic mass is 16.5. The summed E-state index contributed by atoms with van der Waals surface area (Å²) in [5, 5.41) is 0. The van der Waals surface area contributed by atoms with Crippen molar-refractivity contribution in [2.24, 2.45) is 5.92 Å². The van der Waals surface area contributed by atoms with Crippen LogP contribution in [0.25, 0.3) is 0 Å². The molecule has 0 amide bonds. The minimum Gasteiger partial charge on any atom is -0.381 e. The minimum atomic E-state index is 0.832. The minimum absolute atomic E-state index is 0.832. The third kappa shape index (κ3) is 3.12. The van der Waals surface area contributed by atoms with Gasteiger partial charge in [0.05, 0.1) is 0 Å². The van der Waals surface area contributed by atoms with Crippen molar-refractivity contribution in [1.29, 1.82) is 0 Å². The van der Waals surface area contributed by atoms with E-state index < -0.39 is 0 Å². The summed E-state index contributed by atoms with van der Waals surface area (Å²) >= 11 is 0. The van der Waals surface area contributed by atoms with E-state index in [1.807, 2.05) is 0 Å². The SMILES string of the molecule is CCCn1c(CC)ccc1CC1CCOCC1. The van der Waals surface area contributed by atoms with Crippen LogP contribution < -0.4 is 0 Å². The Morgan fingerprint density at radius 1 is 1.18 bits per heavy atom. The molecule has 96 valence electrons. The maximum absolute atomic E-state index is 5.43. The highest BCUT2D eigenvalue weighted by Gasteiger charge is 2.16. The van der Waals surface area contributed by atoms with E-state index in [0.717, 1.165) is 25.6 Å². The zero-order valence-electron chi connectivity index (χ0n) is 11.2. The predicted molar refractivity (Wildman–Crippen MR) is 71.3 cm³/mol. The van der Waals surface area contributed by atoms with Crippen LogP contribution in [0, 0.1) is 5.92 Å². The van der Waals surface area contributed by atoms with Gasteiger partial charge in [-0.2, -0.15) is 0 Å². The van der Waals surface area contributed by atoms with Crippen LogP contribution in [0.5, 0.6) is 0 Å². The maximum atomic E-state index is 5.43. The van der Waals surface area contributed by atoms with Crippen LogP contribution >= 0.6 is 0 Å². The molecule has 0 aliphatic carbocycles. The fourth-order valence-corrected chi connectivity index (χ4v) is 2.80. The Bertz CT molecular complexity index is 337.